The number of aryl methyl sites for hydroxylation is 2. The molecule has 0 saturated heterocycles. The number of rotatable bonds is 7. The summed E-state index contributed by atoms with van der Waals surface area (Å²) < 4.78 is 10.5. The van der Waals surface area contributed by atoms with Gasteiger partial charge in [-0.2, -0.15) is 0 Å². The summed E-state index contributed by atoms with van der Waals surface area (Å²) in [6.07, 6.45) is 0.778. The quantitative estimate of drug-likeness (QED) is 0.600. The Labute approximate surface area is 168 Å². The molecule has 0 unspecified atom stereocenters. The van der Waals surface area contributed by atoms with E-state index in [2.05, 4.69) is 10.6 Å². The van der Waals surface area contributed by atoms with Crippen LogP contribution < -0.4 is 10.6 Å². The number of fused-ring (bicyclic) bond motifs is 1. The van der Waals surface area contributed by atoms with Gasteiger partial charge in [0.05, 0.1) is 6.54 Å². The summed E-state index contributed by atoms with van der Waals surface area (Å²) in [7, 11) is 0. The van der Waals surface area contributed by atoms with Crippen LogP contribution in [0.5, 0.6) is 0 Å². The van der Waals surface area contributed by atoms with Gasteiger partial charge in [0.25, 0.3) is 5.91 Å². The highest BCUT2D eigenvalue weighted by atomic mass is 16.5. The molecule has 0 saturated carbocycles. The van der Waals surface area contributed by atoms with E-state index in [1.54, 1.807) is 25.1 Å². The van der Waals surface area contributed by atoms with E-state index in [4.69, 9.17) is 9.15 Å². The molecular weight excluding hydrogens is 372 g/mol. The summed E-state index contributed by atoms with van der Waals surface area (Å²) >= 11 is 0. The predicted octanol–water partition coefficient (Wildman–Crippen LogP) is 3.22. The maximum atomic E-state index is 12.2. The van der Waals surface area contributed by atoms with Gasteiger partial charge in [-0.25, -0.2) is 4.79 Å². The molecule has 0 radical (unpaired) electrons. The van der Waals surface area contributed by atoms with Crippen LogP contribution in [0.2, 0.25) is 0 Å². The lowest BCUT2D eigenvalue weighted by molar-refractivity contribution is -0.126. The van der Waals surface area contributed by atoms with Gasteiger partial charge in [0.1, 0.15) is 5.58 Å². The first-order valence-corrected chi connectivity index (χ1v) is 9.29. The minimum Gasteiger partial charge on any atom is -0.450 e. The van der Waals surface area contributed by atoms with Crippen LogP contribution in [0.25, 0.3) is 11.0 Å². The van der Waals surface area contributed by atoms with Gasteiger partial charge in [-0.1, -0.05) is 43.3 Å². The Morgan fingerprint density at radius 1 is 1.00 bits per heavy atom. The highest BCUT2D eigenvalue weighted by Crippen LogP contribution is 2.25. The molecule has 0 aliphatic rings. The minimum absolute atomic E-state index is 0.0629. The molecule has 2 N–H and O–H groups in total. The molecule has 0 aliphatic heterocycles. The van der Waals surface area contributed by atoms with Crippen LogP contribution in [0.1, 0.15) is 28.6 Å². The molecule has 0 fully saturated rings. The summed E-state index contributed by atoms with van der Waals surface area (Å²) in [5, 5.41) is 6.00. The van der Waals surface area contributed by atoms with Crippen molar-refractivity contribution in [1.29, 1.82) is 0 Å². The van der Waals surface area contributed by atoms with Crippen LogP contribution in [0.3, 0.4) is 0 Å². The van der Waals surface area contributed by atoms with E-state index in [9.17, 15) is 14.4 Å². The Hall–Kier alpha value is -3.61. The molecule has 3 aromatic rings. The molecule has 0 aliphatic carbocycles. The van der Waals surface area contributed by atoms with E-state index in [1.807, 2.05) is 37.3 Å². The van der Waals surface area contributed by atoms with E-state index in [0.717, 1.165) is 17.4 Å². The second-order valence-electron chi connectivity index (χ2n) is 6.46. The Kier molecular flexibility index (Phi) is 6.29. The number of para-hydroxylation sites is 2. The summed E-state index contributed by atoms with van der Waals surface area (Å²) in [5.41, 5.74) is 2.94. The zero-order valence-electron chi connectivity index (χ0n) is 16.3. The molecule has 3 rings (SSSR count). The number of ether oxygens (including phenoxy) is 1. The maximum Gasteiger partial charge on any atom is 0.375 e. The first-order chi connectivity index (χ1) is 14.0. The molecule has 0 spiro atoms. The number of nitrogens with one attached hydrogen (secondary N) is 2. The Morgan fingerprint density at radius 3 is 2.48 bits per heavy atom. The number of amides is 2. The largest absolute Gasteiger partial charge is 0.450 e. The number of furan rings is 1. The Balaban J connectivity index is 1.48. The van der Waals surface area contributed by atoms with E-state index in [1.165, 1.54) is 0 Å². The van der Waals surface area contributed by atoms with Gasteiger partial charge in [0, 0.05) is 16.6 Å². The monoisotopic (exact) mass is 394 g/mol. The molecule has 0 bridgehead atoms. The van der Waals surface area contributed by atoms with E-state index in [0.29, 0.717) is 16.8 Å². The zero-order valence-corrected chi connectivity index (χ0v) is 16.3. The van der Waals surface area contributed by atoms with Crippen LogP contribution in [0.4, 0.5) is 5.69 Å². The fraction of sp³-hybridized carbons (Fsp3) is 0.227. The fourth-order valence-corrected chi connectivity index (χ4v) is 2.94. The lowest BCUT2D eigenvalue weighted by Crippen LogP contribution is -2.35. The molecule has 2 amide bonds. The number of hydrogen-bond acceptors (Lipinski definition) is 5. The summed E-state index contributed by atoms with van der Waals surface area (Å²) in [5.74, 6) is -1.60. The standard InChI is InChI=1S/C22H22N2O5/c1-3-15-8-4-6-10-17(15)24-19(25)12-23-20(26)13-28-22(27)21-14(2)16-9-5-7-11-18(16)29-21/h4-11H,3,12-13H2,1-2H3,(H,23,26)(H,24,25). The van der Waals surface area contributed by atoms with Crippen LogP contribution in [-0.4, -0.2) is 30.9 Å². The molecule has 150 valence electrons. The number of anilines is 1. The molecule has 1 heterocycles. The lowest BCUT2D eigenvalue weighted by atomic mass is 10.1. The van der Waals surface area contributed by atoms with Gasteiger partial charge >= 0.3 is 5.97 Å². The lowest BCUT2D eigenvalue weighted by Gasteiger charge is -2.10. The van der Waals surface area contributed by atoms with Gasteiger partial charge < -0.3 is 19.8 Å². The average Bonchev–Trinajstić information content (AvgIpc) is 3.08. The van der Waals surface area contributed by atoms with E-state index >= 15 is 0 Å². The molecule has 2 aromatic carbocycles. The highest BCUT2D eigenvalue weighted by Gasteiger charge is 2.20. The number of hydrogen-bond donors (Lipinski definition) is 2. The third kappa shape index (κ3) is 4.82. The van der Waals surface area contributed by atoms with E-state index in [-0.39, 0.29) is 18.2 Å². The predicted molar refractivity (Wildman–Crippen MR) is 109 cm³/mol. The second kappa shape index (κ2) is 9.05. The second-order valence-corrected chi connectivity index (χ2v) is 6.46. The minimum atomic E-state index is -0.727. The topological polar surface area (TPSA) is 97.6 Å². The van der Waals surface area contributed by atoms with Crippen molar-refractivity contribution in [2.75, 3.05) is 18.5 Å². The first-order valence-electron chi connectivity index (χ1n) is 9.29. The van der Waals surface area contributed by atoms with Crippen molar-refractivity contribution in [3.8, 4) is 0 Å². The maximum absolute atomic E-state index is 12.2. The third-order valence-corrected chi connectivity index (χ3v) is 4.48. The number of carbonyl (C=O) groups excluding carboxylic acids is 3. The van der Waals surface area contributed by atoms with Crippen molar-refractivity contribution in [3.63, 3.8) is 0 Å². The van der Waals surface area contributed by atoms with Crippen molar-refractivity contribution in [3.05, 3.63) is 65.4 Å². The Morgan fingerprint density at radius 2 is 1.72 bits per heavy atom. The van der Waals surface area contributed by atoms with Crippen molar-refractivity contribution < 1.29 is 23.5 Å². The van der Waals surface area contributed by atoms with Crippen LogP contribution >= 0.6 is 0 Å². The van der Waals surface area contributed by atoms with Gasteiger partial charge in [0.2, 0.25) is 11.7 Å². The fourth-order valence-electron chi connectivity index (χ4n) is 2.94. The Bertz CT molecular complexity index is 1050. The average molecular weight is 394 g/mol. The summed E-state index contributed by atoms with van der Waals surface area (Å²) in [4.78, 5) is 36.2. The van der Waals surface area contributed by atoms with E-state index < -0.39 is 18.5 Å². The van der Waals surface area contributed by atoms with Gasteiger partial charge in [-0.3, -0.25) is 9.59 Å². The molecule has 29 heavy (non-hydrogen) atoms. The molecule has 1 aromatic heterocycles. The van der Waals surface area contributed by atoms with Gasteiger partial charge in [0.15, 0.2) is 6.61 Å². The first kappa shape index (κ1) is 20.1. The molecule has 7 heteroatoms. The van der Waals surface area contributed by atoms with Crippen molar-refractivity contribution >= 4 is 34.4 Å². The van der Waals surface area contributed by atoms with Crippen molar-refractivity contribution in [2.24, 2.45) is 0 Å². The number of esters is 1. The number of carbonyl (C=O) groups is 3. The molecular formula is C22H22N2O5. The van der Waals surface area contributed by atoms with Gasteiger partial charge in [-0.15, -0.1) is 0 Å². The smallest absolute Gasteiger partial charge is 0.375 e. The van der Waals surface area contributed by atoms with Crippen molar-refractivity contribution in [2.45, 2.75) is 20.3 Å². The van der Waals surface area contributed by atoms with Crippen LogP contribution in [0, 0.1) is 6.92 Å². The third-order valence-electron chi connectivity index (χ3n) is 4.48. The number of benzene rings is 2. The molecule has 7 nitrogen and oxygen atoms in total. The summed E-state index contributed by atoms with van der Waals surface area (Å²) in [6, 6.07) is 14.7. The van der Waals surface area contributed by atoms with Crippen LogP contribution in [0.15, 0.2) is 52.9 Å². The zero-order chi connectivity index (χ0) is 20.8. The van der Waals surface area contributed by atoms with Crippen molar-refractivity contribution in [1.82, 2.24) is 5.32 Å². The molecule has 0 atom stereocenters. The SMILES string of the molecule is CCc1ccccc1NC(=O)CNC(=O)COC(=O)c1oc2ccccc2c1C. The van der Waals surface area contributed by atoms with Crippen LogP contribution in [-0.2, 0) is 20.7 Å². The highest BCUT2D eigenvalue weighted by molar-refractivity contribution is 5.97. The van der Waals surface area contributed by atoms with Gasteiger partial charge in [-0.05, 0) is 31.0 Å². The summed E-state index contributed by atoms with van der Waals surface area (Å²) in [6.45, 7) is 3.01. The normalized spacial score (nSPS) is 10.6.